The second-order valence-corrected chi connectivity index (χ2v) is 6.11. The third-order valence-electron chi connectivity index (χ3n) is 5.28. The van der Waals surface area contributed by atoms with Gasteiger partial charge < -0.3 is 5.11 Å². The van der Waals surface area contributed by atoms with Crippen LogP contribution in [0.15, 0.2) is 12.2 Å². The molecular formula is C15H26O. The van der Waals surface area contributed by atoms with E-state index in [1.165, 1.54) is 6.42 Å². The van der Waals surface area contributed by atoms with Gasteiger partial charge in [0, 0.05) is 0 Å². The lowest BCUT2D eigenvalue weighted by molar-refractivity contribution is -0.0467. The van der Waals surface area contributed by atoms with E-state index in [1.54, 1.807) is 0 Å². The van der Waals surface area contributed by atoms with Crippen LogP contribution in [0.5, 0.6) is 0 Å². The van der Waals surface area contributed by atoms with Gasteiger partial charge in [0.25, 0.3) is 0 Å². The van der Waals surface area contributed by atoms with Crippen molar-refractivity contribution in [1.82, 2.24) is 0 Å². The van der Waals surface area contributed by atoms with Gasteiger partial charge in [0.1, 0.15) is 0 Å². The molecule has 1 nitrogen and oxygen atoms in total. The number of rotatable bonds is 1. The molecule has 92 valence electrons. The lowest BCUT2D eigenvalue weighted by Gasteiger charge is -2.49. The Labute approximate surface area is 99.9 Å². The molecule has 0 saturated heterocycles. The topological polar surface area (TPSA) is 20.2 Å². The molecule has 0 aromatic rings. The summed E-state index contributed by atoms with van der Waals surface area (Å²) >= 11 is 0. The Balaban J connectivity index is 2.28. The molecular weight excluding hydrogens is 196 g/mol. The zero-order chi connectivity index (χ0) is 11.9. The predicted octanol–water partition coefficient (Wildman–Crippen LogP) is 3.49. The molecule has 0 amide bonds. The summed E-state index contributed by atoms with van der Waals surface area (Å²) in [6.07, 6.45) is 6.90. The van der Waals surface area contributed by atoms with Crippen molar-refractivity contribution in [3.8, 4) is 0 Å². The van der Waals surface area contributed by atoms with Gasteiger partial charge >= 0.3 is 0 Å². The highest BCUT2D eigenvalue weighted by molar-refractivity contribution is 5.09. The van der Waals surface area contributed by atoms with E-state index in [2.05, 4.69) is 39.8 Å². The van der Waals surface area contributed by atoms with Gasteiger partial charge in [0.05, 0.1) is 6.10 Å². The molecule has 7 atom stereocenters. The van der Waals surface area contributed by atoms with Crippen molar-refractivity contribution in [3.63, 3.8) is 0 Å². The molecule has 1 fully saturated rings. The molecule has 2 aliphatic rings. The molecule has 1 saturated carbocycles. The van der Waals surface area contributed by atoms with E-state index in [-0.39, 0.29) is 6.10 Å². The Bertz CT molecular complexity index is 271. The third kappa shape index (κ3) is 1.84. The van der Waals surface area contributed by atoms with Gasteiger partial charge in [-0.05, 0) is 41.9 Å². The smallest absolute Gasteiger partial charge is 0.0579 e. The summed E-state index contributed by atoms with van der Waals surface area (Å²) in [6, 6.07) is 0. The van der Waals surface area contributed by atoms with Crippen LogP contribution in [0.2, 0.25) is 0 Å². The lowest BCUT2D eigenvalue weighted by atomic mass is 9.57. The van der Waals surface area contributed by atoms with Crippen LogP contribution in [0.4, 0.5) is 0 Å². The highest BCUT2D eigenvalue weighted by atomic mass is 16.3. The first kappa shape index (κ1) is 12.2. The quantitative estimate of drug-likeness (QED) is 0.673. The summed E-state index contributed by atoms with van der Waals surface area (Å²) < 4.78 is 0. The number of hydrogen-bond acceptors (Lipinski definition) is 1. The van der Waals surface area contributed by atoms with E-state index in [9.17, 15) is 5.11 Å². The van der Waals surface area contributed by atoms with Gasteiger partial charge in [-0.2, -0.15) is 0 Å². The minimum Gasteiger partial charge on any atom is -0.393 e. The maximum atomic E-state index is 10.4. The molecule has 2 aliphatic carbocycles. The van der Waals surface area contributed by atoms with Gasteiger partial charge in [0.2, 0.25) is 0 Å². The van der Waals surface area contributed by atoms with Crippen LogP contribution in [0, 0.1) is 35.5 Å². The molecule has 0 bridgehead atoms. The van der Waals surface area contributed by atoms with E-state index in [1.807, 2.05) is 0 Å². The summed E-state index contributed by atoms with van der Waals surface area (Å²) in [5, 5.41) is 10.4. The zero-order valence-electron chi connectivity index (χ0n) is 11.1. The Morgan fingerprint density at radius 2 is 1.88 bits per heavy atom. The van der Waals surface area contributed by atoms with Crippen molar-refractivity contribution in [1.29, 1.82) is 0 Å². The van der Waals surface area contributed by atoms with Crippen LogP contribution in [0.25, 0.3) is 0 Å². The third-order valence-corrected chi connectivity index (χ3v) is 5.28. The molecule has 0 spiro atoms. The summed E-state index contributed by atoms with van der Waals surface area (Å²) in [5.41, 5.74) is 0. The average molecular weight is 222 g/mol. The number of aliphatic hydroxyl groups excluding tert-OH is 1. The Hall–Kier alpha value is -0.300. The second kappa shape index (κ2) is 4.52. The number of allylic oxidation sites excluding steroid dienone is 2. The summed E-state index contributed by atoms with van der Waals surface area (Å²) in [6.45, 7) is 9.22. The first-order valence-electron chi connectivity index (χ1n) is 6.92. The van der Waals surface area contributed by atoms with Crippen molar-refractivity contribution < 1.29 is 5.11 Å². The molecule has 0 aromatic heterocycles. The molecule has 0 radical (unpaired) electrons. The Kier molecular flexibility index (Phi) is 3.44. The van der Waals surface area contributed by atoms with Crippen LogP contribution in [-0.4, -0.2) is 11.2 Å². The van der Waals surface area contributed by atoms with Crippen LogP contribution >= 0.6 is 0 Å². The van der Waals surface area contributed by atoms with E-state index in [0.717, 1.165) is 12.3 Å². The van der Waals surface area contributed by atoms with E-state index in [4.69, 9.17) is 0 Å². The molecule has 2 unspecified atom stereocenters. The number of aliphatic hydroxyl groups is 1. The fourth-order valence-electron chi connectivity index (χ4n) is 4.05. The normalized spacial score (nSPS) is 52.4. The Morgan fingerprint density at radius 3 is 2.50 bits per heavy atom. The summed E-state index contributed by atoms with van der Waals surface area (Å²) in [5.74, 6) is 3.83. The average Bonchev–Trinajstić information content (AvgIpc) is 2.25. The highest BCUT2D eigenvalue weighted by Crippen LogP contribution is 2.48. The minimum absolute atomic E-state index is 0.0754. The zero-order valence-corrected chi connectivity index (χ0v) is 11.1. The molecule has 0 aliphatic heterocycles. The second-order valence-electron chi connectivity index (χ2n) is 6.11. The first-order chi connectivity index (χ1) is 7.56. The molecule has 0 heterocycles. The largest absolute Gasteiger partial charge is 0.393 e. The van der Waals surface area contributed by atoms with Crippen molar-refractivity contribution in [3.05, 3.63) is 12.2 Å². The van der Waals surface area contributed by atoms with Gasteiger partial charge in [0.15, 0.2) is 0 Å². The maximum Gasteiger partial charge on any atom is 0.0579 e. The molecule has 2 rings (SSSR count). The molecule has 1 heteroatoms. The molecule has 16 heavy (non-hydrogen) atoms. The fraction of sp³-hybridized carbons (Fsp3) is 0.867. The Morgan fingerprint density at radius 1 is 1.19 bits per heavy atom. The van der Waals surface area contributed by atoms with Crippen molar-refractivity contribution in [2.75, 3.05) is 0 Å². The lowest BCUT2D eigenvalue weighted by Crippen LogP contribution is -2.47. The monoisotopic (exact) mass is 222 g/mol. The summed E-state index contributed by atoms with van der Waals surface area (Å²) in [7, 11) is 0. The SMILES string of the molecule is CC[C@@H]1[C@@H]2C(C=C[C@@H]1C)C(C)[C@H](C)C[C@@H]2O. The van der Waals surface area contributed by atoms with Gasteiger partial charge in [-0.15, -0.1) is 0 Å². The van der Waals surface area contributed by atoms with E-state index in [0.29, 0.717) is 29.6 Å². The molecule has 0 aromatic carbocycles. The number of hydrogen-bond donors (Lipinski definition) is 1. The maximum absolute atomic E-state index is 10.4. The van der Waals surface area contributed by atoms with Gasteiger partial charge in [-0.25, -0.2) is 0 Å². The highest BCUT2D eigenvalue weighted by Gasteiger charge is 2.45. The van der Waals surface area contributed by atoms with Crippen LogP contribution in [-0.2, 0) is 0 Å². The standard InChI is InChI=1S/C15H26O/c1-5-12-9(2)6-7-13-11(4)10(3)8-14(16)15(12)13/h6-7,9-16H,5,8H2,1-4H3/t9-,10+,11?,12-,13?,14-,15+/m0/s1. The predicted molar refractivity (Wildman–Crippen MR) is 68.0 cm³/mol. The van der Waals surface area contributed by atoms with E-state index >= 15 is 0 Å². The van der Waals surface area contributed by atoms with E-state index < -0.39 is 0 Å². The van der Waals surface area contributed by atoms with Crippen LogP contribution in [0.1, 0.15) is 40.5 Å². The van der Waals surface area contributed by atoms with Crippen LogP contribution in [0.3, 0.4) is 0 Å². The fourth-order valence-corrected chi connectivity index (χ4v) is 4.05. The first-order valence-corrected chi connectivity index (χ1v) is 6.92. The molecule has 1 N–H and O–H groups in total. The van der Waals surface area contributed by atoms with Crippen LogP contribution < -0.4 is 0 Å². The van der Waals surface area contributed by atoms with Crippen molar-refractivity contribution >= 4 is 0 Å². The minimum atomic E-state index is -0.0754. The number of fused-ring (bicyclic) bond motifs is 1. The van der Waals surface area contributed by atoms with Crippen molar-refractivity contribution in [2.45, 2.75) is 46.6 Å². The van der Waals surface area contributed by atoms with Gasteiger partial charge in [-0.3, -0.25) is 0 Å². The van der Waals surface area contributed by atoms with Gasteiger partial charge in [-0.1, -0.05) is 46.3 Å². The summed E-state index contributed by atoms with van der Waals surface area (Å²) in [4.78, 5) is 0. The van der Waals surface area contributed by atoms with Crippen molar-refractivity contribution in [2.24, 2.45) is 35.5 Å².